The summed E-state index contributed by atoms with van der Waals surface area (Å²) in [6.45, 7) is 0. The van der Waals surface area contributed by atoms with Gasteiger partial charge >= 0.3 is 0 Å². The van der Waals surface area contributed by atoms with Crippen LogP contribution in [0.4, 0.5) is 0 Å². The summed E-state index contributed by atoms with van der Waals surface area (Å²) < 4.78 is 4.00. The van der Waals surface area contributed by atoms with Crippen molar-refractivity contribution < 1.29 is 357 Å². The van der Waals surface area contributed by atoms with Gasteiger partial charge in [-0.3, -0.25) is 0 Å². The maximum atomic E-state index is 2.12. The normalized spacial score (nSPS) is 4.14. The zero-order valence-electron chi connectivity index (χ0n) is 33.8. The van der Waals surface area contributed by atoms with E-state index in [0.29, 0.717) is 0 Å². The summed E-state index contributed by atoms with van der Waals surface area (Å²) in [4.78, 5) is 0. The minimum absolute atomic E-state index is 0. The van der Waals surface area contributed by atoms with Gasteiger partial charge in [-0.25, -0.2) is 0 Å². The van der Waals surface area contributed by atoms with Crippen molar-refractivity contribution in [2.24, 2.45) is 0 Å². The van der Waals surface area contributed by atoms with Crippen molar-refractivity contribution in [1.29, 1.82) is 0 Å². The molecule has 32 nitrogen and oxygen atoms in total. The van der Waals surface area contributed by atoms with E-state index in [1.54, 1.807) is 0 Å². The van der Waals surface area contributed by atoms with Gasteiger partial charge in [0.2, 0.25) is 0 Å². The van der Waals surface area contributed by atoms with Crippen LogP contribution in [0.5, 0.6) is 0 Å². The van der Waals surface area contributed by atoms with Gasteiger partial charge in [0.1, 0.15) is 0 Å². The number of nitrogens with zero attached hydrogens (tertiary/aromatic N) is 4. The van der Waals surface area contributed by atoms with Crippen LogP contribution < -0.4 is 0 Å². The maximum Gasteiger partial charge on any atom is 0.0675 e. The molecule has 0 spiro atoms. The third-order valence-corrected chi connectivity index (χ3v) is 0. The summed E-state index contributed by atoms with van der Waals surface area (Å²) in [6, 6.07) is 0. The number of hydrogen-bond donors (Lipinski definition) is 0. The molecule has 0 aromatic carbocycles. The summed E-state index contributed by atoms with van der Waals surface area (Å²) >= 11 is 0. The smallest absolute Gasteiger partial charge is 0.0675 e. The Bertz CT molecular complexity index is 210. The Morgan fingerprint density at radius 2 is 0.121 bits per heavy atom. The van der Waals surface area contributed by atoms with E-state index in [9.17, 15) is 0 Å². The van der Waals surface area contributed by atoms with Gasteiger partial charge < -0.3 is 171 Å². The predicted molar refractivity (Wildman–Crippen MR) is 118 cm³/mol. The molecule has 0 aromatic rings. The quantitative estimate of drug-likeness (QED) is 0.244. The van der Waals surface area contributed by atoms with E-state index < -0.39 is 0 Å². The zero-order chi connectivity index (χ0) is 18.0. The minimum Gasteiger partial charge on any atom is -2.00 e. The third kappa shape index (κ3) is 10300. The summed E-state index contributed by atoms with van der Waals surface area (Å²) in [5, 5.41) is 0. The summed E-state index contributed by atoms with van der Waals surface area (Å²) in [6.07, 6.45) is 0. The van der Waals surface area contributed by atoms with Crippen LogP contribution in [0, 0.1) is 0 Å². The molecule has 0 saturated heterocycles. The first-order valence-electron chi connectivity index (χ1n) is 7.16. The van der Waals surface area contributed by atoms with Gasteiger partial charge in [-0.05, 0) is 0 Å². The molecule has 2 N–H and O–H groups in total. The first-order chi connectivity index (χ1) is 8.00. The SMILES string of the molecule is C[N+](C)(C)C.C[N+](C)(C)C.C[N+](C)(C)C.C[N+](C)(C)C.[O-2].[O-2].[O-2].[O-2].[O-2].[O-2].[O-2].[O-2].[O-2].[O-2].[O-2].[O-2].[O-2].[O-2].[O-2].[O-2].[O-2].[O-2].[O-2].[O-2].[O-2].[O-2].[O-2].[O-2].[O-2].[O-2].[OH-].[OH-].[V].[V].[V].[V].[V].[V].[V].[V].[V].[V]. The van der Waals surface area contributed by atoms with Crippen LogP contribution in [0.3, 0.4) is 0 Å². The molecule has 0 bridgehead atoms. The fourth-order valence-corrected chi connectivity index (χ4v) is 0. The van der Waals surface area contributed by atoms with Gasteiger partial charge in [-0.2, -0.15) is 0 Å². The largest absolute Gasteiger partial charge is 2.00 e. The average Bonchev–Trinajstić information content (AvgIpc) is 1.62. The van der Waals surface area contributed by atoms with Gasteiger partial charge in [0.15, 0.2) is 0 Å². The maximum absolute atomic E-state index is 2.12. The Balaban J connectivity index is -0.00000000121. The molecular formula is C16H50N4O28V10-50. The molecule has 402 valence electrons. The fraction of sp³-hybridized carbons (Fsp3) is 1.00. The van der Waals surface area contributed by atoms with Gasteiger partial charge in [-0.1, -0.05) is 0 Å². The molecule has 0 aromatic heterocycles. The van der Waals surface area contributed by atoms with Gasteiger partial charge in [0, 0.05) is 186 Å². The average molecular weight is 1260 g/mol. The minimum atomic E-state index is 0. The molecule has 0 aliphatic rings. The monoisotopic (exact) mass is 1260 g/mol. The molecule has 0 atom stereocenters. The van der Waals surface area contributed by atoms with Crippen LogP contribution in [0.15, 0.2) is 0 Å². The second-order valence-electron chi connectivity index (χ2n) is 10.7. The van der Waals surface area contributed by atoms with Crippen molar-refractivity contribution in [2.75, 3.05) is 113 Å². The van der Waals surface area contributed by atoms with E-state index in [-0.39, 0.29) is 339 Å². The molecule has 0 heterocycles. The molecule has 0 rings (SSSR count). The standard InChI is InChI=1S/4C4H12N.2H2O.26O.10V/c4*1-5(2,3)4;;;;;;;;;;;;;;;;;;;;;;;;;;;;;;;;;;;;;;/h4*1-4H3;2*1H2;;;;;;;;;;;;;;;;;;;;;;;;;;;;;;;;;;;;/q4*+1;;;26*-2;;;;;;;;;;/p-2. The molecule has 42 heteroatoms. The fourth-order valence-electron chi connectivity index (χ4n) is 0. The Labute approximate surface area is 465 Å². The van der Waals surface area contributed by atoms with Crippen LogP contribution >= 0.6 is 0 Å². The molecule has 0 amide bonds. The van der Waals surface area contributed by atoms with Crippen LogP contribution in [-0.2, 0) is 328 Å². The van der Waals surface area contributed by atoms with E-state index in [1.165, 1.54) is 0 Å². The van der Waals surface area contributed by atoms with E-state index in [4.69, 9.17) is 0 Å². The summed E-state index contributed by atoms with van der Waals surface area (Å²) in [5.74, 6) is 0. The van der Waals surface area contributed by atoms with Crippen LogP contribution in [0.25, 0.3) is 0 Å². The van der Waals surface area contributed by atoms with Crippen molar-refractivity contribution in [3.63, 3.8) is 0 Å². The van der Waals surface area contributed by atoms with Crippen molar-refractivity contribution in [3.8, 4) is 0 Å². The molecule has 0 aliphatic heterocycles. The Hall–Kier alpha value is 4.56. The van der Waals surface area contributed by atoms with E-state index in [1.807, 2.05) is 0 Å². The van der Waals surface area contributed by atoms with Crippen molar-refractivity contribution >= 4 is 0 Å². The summed E-state index contributed by atoms with van der Waals surface area (Å²) in [7, 11) is 34.0. The van der Waals surface area contributed by atoms with E-state index >= 15 is 0 Å². The van der Waals surface area contributed by atoms with Gasteiger partial charge in [0.05, 0.1) is 113 Å². The molecular weight excluding hydrogens is 1210 g/mol. The van der Waals surface area contributed by atoms with Crippen LogP contribution in [0.1, 0.15) is 0 Å². The molecule has 10 radical (unpaired) electrons. The van der Waals surface area contributed by atoms with Gasteiger partial charge in [0.25, 0.3) is 0 Å². The van der Waals surface area contributed by atoms with Crippen LogP contribution in [0.2, 0.25) is 0 Å². The van der Waals surface area contributed by atoms with E-state index in [2.05, 4.69) is 113 Å². The van der Waals surface area contributed by atoms with Crippen molar-refractivity contribution in [2.45, 2.75) is 0 Å². The number of hydrogen-bond acceptors (Lipinski definition) is 2. The number of quaternary nitrogens is 4. The zero-order valence-corrected chi connectivity index (χ0v) is 47.7. The van der Waals surface area contributed by atoms with E-state index in [0.717, 1.165) is 17.9 Å². The van der Waals surface area contributed by atoms with Gasteiger partial charge in [-0.15, -0.1) is 0 Å². The van der Waals surface area contributed by atoms with Crippen molar-refractivity contribution in [3.05, 3.63) is 0 Å². The predicted octanol–water partition coefficient (Wildman–Crippen LogP) is -2.18. The Kier molecular flexibility index (Phi) is 2680. The Morgan fingerprint density at radius 1 is 0.121 bits per heavy atom. The molecule has 0 unspecified atom stereocenters. The molecule has 58 heavy (non-hydrogen) atoms. The molecule has 0 aliphatic carbocycles. The number of rotatable bonds is 0. The van der Waals surface area contributed by atoms with Crippen molar-refractivity contribution in [1.82, 2.24) is 0 Å². The first kappa shape index (κ1) is 561. The van der Waals surface area contributed by atoms with Crippen LogP contribution in [-0.4, -0.2) is 142 Å². The molecule has 0 saturated carbocycles. The second-order valence-corrected chi connectivity index (χ2v) is 10.7. The second kappa shape index (κ2) is 277. The Morgan fingerprint density at radius 3 is 0.121 bits per heavy atom. The first-order valence-corrected chi connectivity index (χ1v) is 7.16. The topological polar surface area (TPSA) is 801 Å². The third-order valence-electron chi connectivity index (χ3n) is 0. The summed E-state index contributed by atoms with van der Waals surface area (Å²) in [5.41, 5.74) is 0. The molecule has 0 fully saturated rings.